The zero-order valence-corrected chi connectivity index (χ0v) is 22.3. The SMILES string of the molecule is CN(c1nc(Nc2cc(-n3nnn(C)c3=O)c(C3CC3)cc2F)ncc1C(F)(F)F)[C@H]1CCCN2CCCC[C@H]12. The summed E-state index contributed by atoms with van der Waals surface area (Å²) in [6.45, 7) is 1.90. The highest BCUT2D eigenvalue weighted by molar-refractivity contribution is 5.63. The third-order valence-corrected chi connectivity index (χ3v) is 8.29. The van der Waals surface area contributed by atoms with Gasteiger partial charge in [0.05, 0.1) is 11.4 Å². The highest BCUT2D eigenvalue weighted by Crippen LogP contribution is 2.44. The van der Waals surface area contributed by atoms with E-state index in [1.165, 1.54) is 19.2 Å². The number of anilines is 3. The molecule has 0 spiro atoms. The first-order valence-electron chi connectivity index (χ1n) is 13.6. The molecule has 2 atom stereocenters. The Morgan fingerprint density at radius 2 is 1.82 bits per heavy atom. The number of fused-ring (bicyclic) bond motifs is 1. The maximum absolute atomic E-state index is 15.3. The summed E-state index contributed by atoms with van der Waals surface area (Å²) < 4.78 is 59.7. The summed E-state index contributed by atoms with van der Waals surface area (Å²) in [6, 6.07) is 2.75. The van der Waals surface area contributed by atoms with Crippen molar-refractivity contribution in [3.8, 4) is 5.69 Å². The molecular weight excluding hydrogens is 530 g/mol. The first-order valence-corrected chi connectivity index (χ1v) is 13.6. The standard InChI is InChI=1S/C26H31F4N9O/c1-36(20-7-5-11-38-10-4-3-6-21(20)38)23-17(26(28,29)30)14-31-24(33-23)32-19-13-22(39-25(40)37(2)34-35-39)16(12-18(19)27)15-8-9-15/h12-15,20-21H,3-11H2,1-2H3,(H,31,32,33)/t20-,21+/m0/s1. The fourth-order valence-electron chi connectivity index (χ4n) is 6.10. The maximum atomic E-state index is 15.3. The van der Waals surface area contributed by atoms with Gasteiger partial charge in [-0.15, -0.1) is 0 Å². The lowest BCUT2D eigenvalue weighted by Gasteiger charge is -2.48. The third kappa shape index (κ3) is 4.93. The number of aryl methyl sites for hydroxylation is 1. The molecule has 1 aliphatic carbocycles. The Balaban J connectivity index is 1.37. The van der Waals surface area contributed by atoms with E-state index < -0.39 is 23.2 Å². The molecule has 0 unspecified atom stereocenters. The molecule has 4 heterocycles. The molecule has 10 nitrogen and oxygen atoms in total. The van der Waals surface area contributed by atoms with E-state index in [9.17, 15) is 18.0 Å². The van der Waals surface area contributed by atoms with Gasteiger partial charge in [0, 0.05) is 32.4 Å². The molecular formula is C26H31F4N9O. The fourth-order valence-corrected chi connectivity index (χ4v) is 6.10. The van der Waals surface area contributed by atoms with Gasteiger partial charge in [-0.1, -0.05) is 6.42 Å². The number of benzene rings is 1. The van der Waals surface area contributed by atoms with Gasteiger partial charge < -0.3 is 10.2 Å². The van der Waals surface area contributed by atoms with Crippen molar-refractivity contribution >= 4 is 17.5 Å². The van der Waals surface area contributed by atoms with Crippen LogP contribution in [0.15, 0.2) is 23.1 Å². The predicted octanol–water partition coefficient (Wildman–Crippen LogP) is 3.99. The summed E-state index contributed by atoms with van der Waals surface area (Å²) in [6.07, 6.45) is 2.50. The normalized spacial score (nSPS) is 21.8. The molecule has 1 aromatic carbocycles. The van der Waals surface area contributed by atoms with E-state index in [1.54, 1.807) is 11.9 Å². The van der Waals surface area contributed by atoms with E-state index in [4.69, 9.17) is 0 Å². The van der Waals surface area contributed by atoms with Gasteiger partial charge in [-0.25, -0.2) is 14.2 Å². The smallest absolute Gasteiger partial charge is 0.354 e. The van der Waals surface area contributed by atoms with Crippen molar-refractivity contribution in [3.05, 3.63) is 45.8 Å². The van der Waals surface area contributed by atoms with Crippen LogP contribution in [0.5, 0.6) is 0 Å². The van der Waals surface area contributed by atoms with Gasteiger partial charge in [0.15, 0.2) is 0 Å². The van der Waals surface area contributed by atoms with Crippen molar-refractivity contribution in [3.63, 3.8) is 0 Å². The maximum Gasteiger partial charge on any atom is 0.421 e. The highest BCUT2D eigenvalue weighted by atomic mass is 19.4. The van der Waals surface area contributed by atoms with Crippen molar-refractivity contribution in [1.82, 2.24) is 34.7 Å². The topological polar surface area (TPSA) is 97.0 Å². The van der Waals surface area contributed by atoms with Crippen LogP contribution in [0.2, 0.25) is 0 Å². The molecule has 3 aliphatic rings. The molecule has 0 amide bonds. The first-order chi connectivity index (χ1) is 19.1. The Morgan fingerprint density at radius 1 is 1.05 bits per heavy atom. The number of likely N-dealkylation sites (N-methyl/N-ethyl adjacent to an activating group) is 1. The second-order valence-corrected chi connectivity index (χ2v) is 10.9. The summed E-state index contributed by atoms with van der Waals surface area (Å²) >= 11 is 0. The molecule has 3 fully saturated rings. The molecule has 214 valence electrons. The number of alkyl halides is 3. The Bertz CT molecular complexity index is 1460. The molecule has 14 heteroatoms. The summed E-state index contributed by atoms with van der Waals surface area (Å²) in [4.78, 5) is 24.7. The predicted molar refractivity (Wildman–Crippen MR) is 139 cm³/mol. The monoisotopic (exact) mass is 561 g/mol. The minimum Gasteiger partial charge on any atom is -0.354 e. The van der Waals surface area contributed by atoms with E-state index in [1.807, 2.05) is 0 Å². The van der Waals surface area contributed by atoms with Gasteiger partial charge in [-0.2, -0.15) is 27.5 Å². The quantitative estimate of drug-likeness (QED) is 0.452. The zero-order chi connectivity index (χ0) is 28.2. The minimum atomic E-state index is -4.67. The van der Waals surface area contributed by atoms with E-state index in [0.717, 1.165) is 73.6 Å². The van der Waals surface area contributed by atoms with Crippen LogP contribution in [0.1, 0.15) is 62.0 Å². The molecule has 0 radical (unpaired) electrons. The summed E-state index contributed by atoms with van der Waals surface area (Å²) in [5.74, 6) is -0.972. The first kappa shape index (κ1) is 26.7. The van der Waals surface area contributed by atoms with Crippen LogP contribution < -0.4 is 15.9 Å². The molecule has 40 heavy (non-hydrogen) atoms. The average Bonchev–Trinajstić information content (AvgIpc) is 3.73. The van der Waals surface area contributed by atoms with Gasteiger partial charge in [0.25, 0.3) is 0 Å². The minimum absolute atomic E-state index is 0.0820. The second kappa shape index (κ2) is 10.1. The molecule has 2 saturated heterocycles. The summed E-state index contributed by atoms with van der Waals surface area (Å²) in [5.41, 5.74) is -0.549. The summed E-state index contributed by atoms with van der Waals surface area (Å²) in [5, 5.41) is 10.4. The van der Waals surface area contributed by atoms with Crippen molar-refractivity contribution < 1.29 is 17.6 Å². The van der Waals surface area contributed by atoms with Crippen LogP contribution in [0, 0.1) is 5.82 Å². The van der Waals surface area contributed by atoms with Crippen LogP contribution in [0.3, 0.4) is 0 Å². The van der Waals surface area contributed by atoms with Gasteiger partial charge in [-0.05, 0) is 85.7 Å². The Labute approximate surface area is 228 Å². The highest BCUT2D eigenvalue weighted by Gasteiger charge is 2.41. The molecule has 0 bridgehead atoms. The van der Waals surface area contributed by atoms with Crippen molar-refractivity contribution in [2.45, 2.75) is 69.1 Å². The lowest BCUT2D eigenvalue weighted by atomic mass is 9.88. The number of hydrogen-bond acceptors (Lipinski definition) is 8. The van der Waals surface area contributed by atoms with Gasteiger partial charge in [0.2, 0.25) is 5.95 Å². The zero-order valence-electron chi connectivity index (χ0n) is 22.3. The number of halogens is 4. The van der Waals surface area contributed by atoms with E-state index in [0.29, 0.717) is 11.3 Å². The van der Waals surface area contributed by atoms with Crippen LogP contribution in [-0.4, -0.2) is 66.9 Å². The van der Waals surface area contributed by atoms with Crippen LogP contribution in [-0.2, 0) is 13.2 Å². The fraction of sp³-hybridized carbons (Fsp3) is 0.577. The molecule has 6 rings (SSSR count). The Morgan fingerprint density at radius 3 is 2.52 bits per heavy atom. The number of tetrazole rings is 1. The molecule has 2 aliphatic heterocycles. The number of nitrogens with one attached hydrogen (secondary N) is 1. The number of rotatable bonds is 6. The molecule has 1 N–H and O–H groups in total. The van der Waals surface area contributed by atoms with Gasteiger partial charge in [0.1, 0.15) is 17.2 Å². The average molecular weight is 562 g/mol. The summed E-state index contributed by atoms with van der Waals surface area (Å²) in [7, 11) is 3.10. The molecule has 2 aromatic heterocycles. The third-order valence-electron chi connectivity index (χ3n) is 8.29. The van der Waals surface area contributed by atoms with Gasteiger partial charge >= 0.3 is 11.9 Å². The van der Waals surface area contributed by atoms with E-state index in [2.05, 4.69) is 30.6 Å². The second-order valence-electron chi connectivity index (χ2n) is 10.9. The van der Waals surface area contributed by atoms with Crippen LogP contribution in [0.4, 0.5) is 35.0 Å². The number of hydrogen-bond donors (Lipinski definition) is 1. The van der Waals surface area contributed by atoms with Crippen LogP contribution >= 0.6 is 0 Å². The lowest BCUT2D eigenvalue weighted by molar-refractivity contribution is -0.137. The van der Waals surface area contributed by atoms with Gasteiger partial charge in [-0.3, -0.25) is 4.90 Å². The van der Waals surface area contributed by atoms with E-state index in [-0.39, 0.29) is 35.5 Å². The lowest BCUT2D eigenvalue weighted by Crippen LogP contribution is -2.56. The largest absolute Gasteiger partial charge is 0.421 e. The van der Waals surface area contributed by atoms with Crippen molar-refractivity contribution in [2.24, 2.45) is 7.05 Å². The van der Waals surface area contributed by atoms with Crippen LogP contribution in [0.25, 0.3) is 5.69 Å². The Hall–Kier alpha value is -3.55. The van der Waals surface area contributed by atoms with E-state index >= 15 is 4.39 Å². The molecule has 1 saturated carbocycles. The number of piperidine rings is 2. The van der Waals surface area contributed by atoms with Crippen molar-refractivity contribution in [2.75, 3.05) is 30.4 Å². The number of nitrogens with zero attached hydrogens (tertiary/aromatic N) is 8. The number of aromatic nitrogens is 6. The van der Waals surface area contributed by atoms with Crippen molar-refractivity contribution in [1.29, 1.82) is 0 Å². The Kier molecular flexibility index (Phi) is 6.75. The molecule has 3 aromatic rings.